The molecule has 1 fully saturated rings. The summed E-state index contributed by atoms with van der Waals surface area (Å²) in [6.45, 7) is 8.69. The lowest BCUT2D eigenvalue weighted by molar-refractivity contribution is -0.126. The number of piperazine rings is 1. The molecule has 2 aromatic carbocycles. The molecule has 0 aliphatic carbocycles. The van der Waals surface area contributed by atoms with Crippen molar-refractivity contribution in [1.29, 1.82) is 0 Å². The Balaban J connectivity index is 1.42. The summed E-state index contributed by atoms with van der Waals surface area (Å²) in [6, 6.07) is 12.3. The molecule has 0 aromatic heterocycles. The molecule has 2 aromatic rings. The SMILES string of the molecule is CC(C)(C)OC(=O)N1CCc2cccc(/C=C\C(=O)N3CCN(c4ccc(F)cc4)CC3)c21. The Bertz CT molecular complexity index is 1050. The predicted octanol–water partition coefficient (Wildman–Crippen LogP) is 4.49. The summed E-state index contributed by atoms with van der Waals surface area (Å²) in [6.07, 6.45) is 3.76. The molecule has 2 heterocycles. The molecule has 1 saturated heterocycles. The lowest BCUT2D eigenvalue weighted by Gasteiger charge is -2.35. The molecular weight excluding hydrogens is 421 g/mol. The molecule has 0 atom stereocenters. The number of rotatable bonds is 3. The van der Waals surface area contributed by atoms with E-state index in [1.54, 1.807) is 29.2 Å². The number of carbonyl (C=O) groups excluding carboxylic acids is 2. The highest BCUT2D eigenvalue weighted by Gasteiger charge is 2.30. The Morgan fingerprint density at radius 3 is 2.33 bits per heavy atom. The maximum absolute atomic E-state index is 13.2. The second-order valence-electron chi connectivity index (χ2n) is 9.36. The standard InChI is InChI=1S/C26H30FN3O3/c1-26(2,3)33-25(32)30-14-13-20-6-4-5-19(24(20)30)7-12-23(31)29-17-15-28(16-18-29)22-10-8-21(27)9-11-22/h4-12H,13-18H2,1-3H3/b12-7-. The van der Waals surface area contributed by atoms with Crippen LogP contribution in [0.2, 0.25) is 0 Å². The number of hydrogen-bond donors (Lipinski definition) is 0. The van der Waals surface area contributed by atoms with Gasteiger partial charge in [0, 0.05) is 44.5 Å². The Morgan fingerprint density at radius 1 is 0.970 bits per heavy atom. The lowest BCUT2D eigenvalue weighted by Crippen LogP contribution is -2.48. The van der Waals surface area contributed by atoms with Gasteiger partial charge >= 0.3 is 6.09 Å². The molecule has 33 heavy (non-hydrogen) atoms. The highest BCUT2D eigenvalue weighted by Crippen LogP contribution is 2.34. The summed E-state index contributed by atoms with van der Waals surface area (Å²) in [5, 5.41) is 0. The van der Waals surface area contributed by atoms with Crippen molar-refractivity contribution in [2.45, 2.75) is 32.8 Å². The number of benzene rings is 2. The summed E-state index contributed by atoms with van der Waals surface area (Å²) in [7, 11) is 0. The van der Waals surface area contributed by atoms with Gasteiger partial charge in [-0.05, 0) is 68.7 Å². The maximum Gasteiger partial charge on any atom is 0.414 e. The van der Waals surface area contributed by atoms with E-state index in [2.05, 4.69) is 4.90 Å². The minimum absolute atomic E-state index is 0.0619. The van der Waals surface area contributed by atoms with Gasteiger partial charge in [-0.1, -0.05) is 18.2 Å². The third-order valence-corrected chi connectivity index (χ3v) is 5.83. The van der Waals surface area contributed by atoms with Crippen LogP contribution in [0.3, 0.4) is 0 Å². The highest BCUT2D eigenvalue weighted by atomic mass is 19.1. The first-order chi connectivity index (χ1) is 15.7. The first-order valence-electron chi connectivity index (χ1n) is 11.3. The Hall–Kier alpha value is -3.35. The second kappa shape index (κ2) is 9.25. The summed E-state index contributed by atoms with van der Waals surface area (Å²) in [5.41, 5.74) is 3.10. The monoisotopic (exact) mass is 451 g/mol. The van der Waals surface area contributed by atoms with Crippen LogP contribution in [-0.2, 0) is 16.0 Å². The Kier molecular flexibility index (Phi) is 6.40. The van der Waals surface area contributed by atoms with Crippen molar-refractivity contribution in [3.8, 4) is 0 Å². The zero-order valence-electron chi connectivity index (χ0n) is 19.4. The summed E-state index contributed by atoms with van der Waals surface area (Å²) in [5.74, 6) is -0.316. The van der Waals surface area contributed by atoms with Gasteiger partial charge in [0.2, 0.25) is 5.91 Å². The molecule has 0 saturated carbocycles. The third-order valence-electron chi connectivity index (χ3n) is 5.83. The van der Waals surface area contributed by atoms with Crippen molar-refractivity contribution >= 4 is 29.5 Å². The topological polar surface area (TPSA) is 53.1 Å². The predicted molar refractivity (Wildman–Crippen MR) is 128 cm³/mol. The van der Waals surface area contributed by atoms with Crippen LogP contribution in [0.25, 0.3) is 6.08 Å². The van der Waals surface area contributed by atoms with Gasteiger partial charge < -0.3 is 14.5 Å². The van der Waals surface area contributed by atoms with E-state index in [1.165, 1.54) is 12.1 Å². The van der Waals surface area contributed by atoms with Crippen molar-refractivity contribution in [3.63, 3.8) is 0 Å². The third kappa shape index (κ3) is 5.35. The van der Waals surface area contributed by atoms with Crippen LogP contribution < -0.4 is 9.80 Å². The van der Waals surface area contributed by atoms with Gasteiger partial charge in [0.25, 0.3) is 0 Å². The smallest absolute Gasteiger partial charge is 0.414 e. The van der Waals surface area contributed by atoms with E-state index in [0.717, 1.165) is 28.9 Å². The van der Waals surface area contributed by atoms with Crippen molar-refractivity contribution in [3.05, 3.63) is 65.5 Å². The molecule has 2 aliphatic heterocycles. The molecule has 0 unspecified atom stereocenters. The van der Waals surface area contributed by atoms with E-state index in [9.17, 15) is 14.0 Å². The quantitative estimate of drug-likeness (QED) is 0.646. The molecule has 0 bridgehead atoms. The number of anilines is 2. The van der Waals surface area contributed by atoms with Gasteiger partial charge in [-0.3, -0.25) is 9.69 Å². The van der Waals surface area contributed by atoms with Gasteiger partial charge in [0.05, 0.1) is 5.69 Å². The number of carbonyl (C=O) groups is 2. The van der Waals surface area contributed by atoms with Crippen LogP contribution in [0.5, 0.6) is 0 Å². The highest BCUT2D eigenvalue weighted by molar-refractivity contribution is 5.97. The molecule has 174 valence electrons. The average Bonchev–Trinajstić information content (AvgIpc) is 3.22. The minimum atomic E-state index is -0.573. The fraction of sp³-hybridized carbons (Fsp3) is 0.385. The Labute approximate surface area is 194 Å². The van der Waals surface area contributed by atoms with E-state index in [-0.39, 0.29) is 17.8 Å². The fourth-order valence-corrected chi connectivity index (χ4v) is 4.22. The lowest BCUT2D eigenvalue weighted by atomic mass is 10.1. The van der Waals surface area contributed by atoms with Crippen LogP contribution in [0.1, 0.15) is 31.9 Å². The number of nitrogens with zero attached hydrogens (tertiary/aromatic N) is 3. The number of para-hydroxylation sites is 1. The van der Waals surface area contributed by atoms with E-state index in [4.69, 9.17) is 4.74 Å². The van der Waals surface area contributed by atoms with Crippen molar-refractivity contribution in [1.82, 2.24) is 4.90 Å². The Morgan fingerprint density at radius 2 is 1.67 bits per heavy atom. The normalized spacial score (nSPS) is 16.3. The molecule has 4 rings (SSSR count). The zero-order chi connectivity index (χ0) is 23.6. The number of fused-ring (bicyclic) bond motifs is 1. The van der Waals surface area contributed by atoms with Crippen molar-refractivity contribution in [2.75, 3.05) is 42.5 Å². The van der Waals surface area contributed by atoms with E-state index < -0.39 is 5.60 Å². The molecule has 6 nitrogen and oxygen atoms in total. The molecule has 2 aliphatic rings. The van der Waals surface area contributed by atoms with Gasteiger partial charge in [-0.25, -0.2) is 9.18 Å². The number of amides is 2. The van der Waals surface area contributed by atoms with Crippen LogP contribution in [0.4, 0.5) is 20.6 Å². The van der Waals surface area contributed by atoms with E-state index >= 15 is 0 Å². The maximum atomic E-state index is 13.2. The van der Waals surface area contributed by atoms with Crippen LogP contribution in [0, 0.1) is 5.82 Å². The van der Waals surface area contributed by atoms with Gasteiger partial charge in [0.15, 0.2) is 0 Å². The number of ether oxygens (including phenoxy) is 1. The van der Waals surface area contributed by atoms with Gasteiger partial charge in [0.1, 0.15) is 11.4 Å². The molecule has 7 heteroatoms. The fourth-order valence-electron chi connectivity index (χ4n) is 4.22. The number of hydrogen-bond acceptors (Lipinski definition) is 4. The number of halogens is 1. The minimum Gasteiger partial charge on any atom is -0.443 e. The van der Waals surface area contributed by atoms with Gasteiger partial charge in [-0.2, -0.15) is 0 Å². The van der Waals surface area contributed by atoms with Crippen molar-refractivity contribution < 1.29 is 18.7 Å². The zero-order valence-corrected chi connectivity index (χ0v) is 19.4. The van der Waals surface area contributed by atoms with Crippen LogP contribution in [0.15, 0.2) is 48.5 Å². The van der Waals surface area contributed by atoms with E-state index in [0.29, 0.717) is 32.7 Å². The van der Waals surface area contributed by atoms with E-state index in [1.807, 2.05) is 43.9 Å². The molecule has 0 radical (unpaired) electrons. The summed E-state index contributed by atoms with van der Waals surface area (Å²) in [4.78, 5) is 31.2. The van der Waals surface area contributed by atoms with Crippen LogP contribution in [-0.4, -0.2) is 55.2 Å². The first-order valence-corrected chi connectivity index (χ1v) is 11.3. The van der Waals surface area contributed by atoms with Gasteiger partial charge in [-0.15, -0.1) is 0 Å². The van der Waals surface area contributed by atoms with Crippen LogP contribution >= 0.6 is 0 Å². The molecular formula is C26H30FN3O3. The van der Waals surface area contributed by atoms with Crippen molar-refractivity contribution in [2.24, 2.45) is 0 Å². The molecule has 2 amide bonds. The molecule has 0 N–H and O–H groups in total. The summed E-state index contributed by atoms with van der Waals surface area (Å²) >= 11 is 0. The average molecular weight is 452 g/mol. The first kappa shape index (κ1) is 22.8. The second-order valence-corrected chi connectivity index (χ2v) is 9.36. The summed E-state index contributed by atoms with van der Waals surface area (Å²) < 4.78 is 18.7. The molecule has 0 spiro atoms. The largest absolute Gasteiger partial charge is 0.443 e.